The highest BCUT2D eigenvalue weighted by atomic mass is 19.4. The van der Waals surface area contributed by atoms with Gasteiger partial charge in [0.1, 0.15) is 5.75 Å². The largest absolute Gasteiger partial charge is 0.494 e. The molecule has 0 radical (unpaired) electrons. The van der Waals surface area contributed by atoms with Crippen molar-refractivity contribution in [3.05, 3.63) is 24.4 Å². The molecule has 2 aromatic rings. The van der Waals surface area contributed by atoms with Crippen molar-refractivity contribution in [1.82, 2.24) is 9.88 Å². The van der Waals surface area contributed by atoms with Crippen LogP contribution in [0, 0.1) is 17.8 Å². The van der Waals surface area contributed by atoms with Gasteiger partial charge in [0.25, 0.3) is 5.91 Å². The van der Waals surface area contributed by atoms with Gasteiger partial charge in [-0.15, -0.1) is 0 Å². The summed E-state index contributed by atoms with van der Waals surface area (Å²) in [5.41, 5.74) is -0.379. The van der Waals surface area contributed by atoms with Crippen LogP contribution in [0.3, 0.4) is 0 Å². The summed E-state index contributed by atoms with van der Waals surface area (Å²) in [5.74, 6) is 1.25. The van der Waals surface area contributed by atoms with E-state index in [2.05, 4.69) is 10.3 Å². The highest BCUT2D eigenvalue weighted by Gasteiger charge is 2.51. The number of rotatable bonds is 7. The van der Waals surface area contributed by atoms with Crippen molar-refractivity contribution in [1.29, 1.82) is 0 Å². The van der Waals surface area contributed by atoms with E-state index in [1.807, 2.05) is 18.2 Å². The number of hydrogen-bond acceptors (Lipinski definition) is 3. The monoisotopic (exact) mass is 453 g/mol. The predicted octanol–water partition coefficient (Wildman–Crippen LogP) is 4.90. The number of hydrogen-bond donors (Lipinski definition) is 2. The molecular formula is C23H27F4N3O2. The van der Waals surface area contributed by atoms with Crippen molar-refractivity contribution < 1.29 is 27.1 Å². The molecule has 3 atom stereocenters. The first-order valence-electron chi connectivity index (χ1n) is 11.2. The predicted molar refractivity (Wildman–Crippen MR) is 112 cm³/mol. The fraction of sp³-hybridized carbons (Fsp3) is 0.609. The fourth-order valence-corrected chi connectivity index (χ4v) is 5.35. The molecule has 2 aliphatic carbocycles. The highest BCUT2D eigenvalue weighted by Crippen LogP contribution is 2.44. The van der Waals surface area contributed by atoms with Crippen molar-refractivity contribution in [3.8, 4) is 5.75 Å². The highest BCUT2D eigenvalue weighted by molar-refractivity contribution is 6.06. The van der Waals surface area contributed by atoms with Crippen molar-refractivity contribution in [3.63, 3.8) is 0 Å². The molecule has 3 aliphatic rings. The number of ether oxygens (including phenoxy) is 1. The minimum Gasteiger partial charge on any atom is -0.494 e. The van der Waals surface area contributed by atoms with Crippen molar-refractivity contribution in [2.75, 3.05) is 31.6 Å². The lowest BCUT2D eigenvalue weighted by molar-refractivity contribution is -0.144. The first-order chi connectivity index (χ1) is 15.2. The van der Waals surface area contributed by atoms with E-state index in [-0.39, 0.29) is 12.8 Å². The number of likely N-dealkylation sites (tertiary alicyclic amines) is 1. The average Bonchev–Trinajstić information content (AvgIpc) is 3.02. The Kier molecular flexibility index (Phi) is 5.34. The molecule has 1 amide bonds. The molecule has 1 aromatic heterocycles. The van der Waals surface area contributed by atoms with Crippen LogP contribution in [0.4, 0.5) is 23.2 Å². The Morgan fingerprint density at radius 3 is 2.59 bits per heavy atom. The molecule has 9 heteroatoms. The molecule has 174 valence electrons. The third kappa shape index (κ3) is 4.58. The smallest absolute Gasteiger partial charge is 0.401 e. The van der Waals surface area contributed by atoms with E-state index in [0.29, 0.717) is 48.9 Å². The second-order valence-corrected chi connectivity index (χ2v) is 9.63. The fourth-order valence-electron chi connectivity index (χ4n) is 5.35. The van der Waals surface area contributed by atoms with E-state index in [9.17, 15) is 22.4 Å². The maximum Gasteiger partial charge on any atom is 0.401 e. The van der Waals surface area contributed by atoms with Crippen LogP contribution < -0.4 is 10.1 Å². The molecule has 5 nitrogen and oxygen atoms in total. The molecule has 32 heavy (non-hydrogen) atoms. The summed E-state index contributed by atoms with van der Waals surface area (Å²) < 4.78 is 57.7. The minimum atomic E-state index is -4.12. The van der Waals surface area contributed by atoms with Gasteiger partial charge in [-0.05, 0) is 68.1 Å². The molecular weight excluding hydrogens is 426 g/mol. The summed E-state index contributed by atoms with van der Waals surface area (Å²) in [6, 6.07) is 5.54. The number of nitrogens with one attached hydrogen (secondary N) is 2. The number of alkyl halides is 4. The van der Waals surface area contributed by atoms with E-state index in [4.69, 9.17) is 4.74 Å². The molecule has 2 saturated carbocycles. The maximum absolute atomic E-state index is 14.0. The Balaban J connectivity index is 1.12. The Morgan fingerprint density at radius 1 is 1.22 bits per heavy atom. The topological polar surface area (TPSA) is 57.4 Å². The summed E-state index contributed by atoms with van der Waals surface area (Å²) in [5, 5.41) is 3.42. The van der Waals surface area contributed by atoms with Gasteiger partial charge < -0.3 is 15.0 Å². The zero-order valence-electron chi connectivity index (χ0n) is 17.7. The third-order valence-electron chi connectivity index (χ3n) is 7.12. The van der Waals surface area contributed by atoms with Crippen LogP contribution in [0.15, 0.2) is 24.4 Å². The molecule has 2 N–H and O–H groups in total. The normalized spacial score (nSPS) is 26.9. The number of carbonyl (C=O) groups excluding carboxylic acids is 1. The Labute approximate surface area is 183 Å². The Morgan fingerprint density at radius 2 is 1.94 bits per heavy atom. The number of halogens is 4. The second kappa shape index (κ2) is 7.93. The first-order valence-corrected chi connectivity index (χ1v) is 11.2. The first kappa shape index (κ1) is 21.6. The van der Waals surface area contributed by atoms with Crippen LogP contribution >= 0.6 is 0 Å². The summed E-state index contributed by atoms with van der Waals surface area (Å²) in [6.07, 6.45) is 0.835. The zero-order chi connectivity index (χ0) is 22.5. The van der Waals surface area contributed by atoms with E-state index in [0.717, 1.165) is 30.2 Å². The van der Waals surface area contributed by atoms with Crippen molar-refractivity contribution in [2.45, 2.75) is 43.9 Å². The molecule has 2 heterocycles. The molecule has 1 aliphatic heterocycles. The third-order valence-corrected chi connectivity index (χ3v) is 7.12. The lowest BCUT2D eigenvalue weighted by Crippen LogP contribution is -2.33. The number of anilines is 1. The van der Waals surface area contributed by atoms with E-state index < -0.39 is 24.3 Å². The van der Waals surface area contributed by atoms with E-state index >= 15 is 0 Å². The van der Waals surface area contributed by atoms with Crippen LogP contribution in [0.5, 0.6) is 5.75 Å². The standard InChI is InChI=1S/C23H27F4N3O2/c24-22(4-5-22)21(31)29-20-10-28-19-2-1-17(9-18(19)20)32-6-3-14-7-15-11-30(12-16(15)8-14)13-23(25,26)27/h1-2,9-10,14-16,28H,3-8,11-13H2,(H,29,31)/t14-,15-,16+. The molecule has 0 unspecified atom stereocenters. The Hall–Kier alpha value is -2.29. The number of H-pyrrole nitrogens is 1. The minimum absolute atomic E-state index is 0.263. The number of fused-ring (bicyclic) bond motifs is 2. The van der Waals surface area contributed by atoms with Crippen LogP contribution in [-0.2, 0) is 4.79 Å². The SMILES string of the molecule is O=C(Nc1c[nH]c2ccc(OCC[C@@H]3C[C@@H]4CN(CC(F)(F)F)C[C@@H]4C3)cc12)C1(F)CC1. The van der Waals surface area contributed by atoms with E-state index in [1.54, 1.807) is 11.1 Å². The van der Waals surface area contributed by atoms with Crippen molar-refractivity contribution in [2.24, 2.45) is 17.8 Å². The molecule has 1 aromatic carbocycles. The lowest BCUT2D eigenvalue weighted by Gasteiger charge is -2.20. The van der Waals surface area contributed by atoms with Crippen LogP contribution in [0.1, 0.15) is 32.1 Å². The van der Waals surface area contributed by atoms with Crippen molar-refractivity contribution >= 4 is 22.5 Å². The summed E-state index contributed by atoms with van der Waals surface area (Å²) >= 11 is 0. The quantitative estimate of drug-likeness (QED) is 0.587. The van der Waals surface area contributed by atoms with Gasteiger partial charge in [-0.25, -0.2) is 4.39 Å². The molecule has 0 bridgehead atoms. The number of carbonyl (C=O) groups is 1. The number of aromatic nitrogens is 1. The number of aromatic amines is 1. The molecule has 5 rings (SSSR count). The average molecular weight is 453 g/mol. The lowest BCUT2D eigenvalue weighted by atomic mass is 10.0. The van der Waals surface area contributed by atoms with Gasteiger partial charge >= 0.3 is 6.18 Å². The summed E-state index contributed by atoms with van der Waals surface area (Å²) in [6.45, 7) is 0.812. The van der Waals surface area contributed by atoms with Gasteiger partial charge in [-0.2, -0.15) is 13.2 Å². The second-order valence-electron chi connectivity index (χ2n) is 9.63. The summed E-state index contributed by atoms with van der Waals surface area (Å²) in [7, 11) is 0. The van der Waals surface area contributed by atoms with Gasteiger partial charge in [0.2, 0.25) is 0 Å². The zero-order valence-corrected chi connectivity index (χ0v) is 17.7. The van der Waals surface area contributed by atoms with Gasteiger partial charge in [0.05, 0.1) is 18.8 Å². The molecule has 3 fully saturated rings. The number of amides is 1. The molecule has 0 spiro atoms. The number of benzene rings is 1. The van der Waals surface area contributed by atoms with Gasteiger partial charge in [0.15, 0.2) is 5.67 Å². The van der Waals surface area contributed by atoms with Gasteiger partial charge in [0, 0.05) is 30.2 Å². The maximum atomic E-state index is 14.0. The van der Waals surface area contributed by atoms with Crippen LogP contribution in [-0.4, -0.2) is 53.9 Å². The van der Waals surface area contributed by atoms with Gasteiger partial charge in [-0.1, -0.05) is 0 Å². The van der Waals surface area contributed by atoms with E-state index in [1.165, 1.54) is 0 Å². The van der Waals surface area contributed by atoms with Crippen LogP contribution in [0.25, 0.3) is 10.9 Å². The molecule has 1 saturated heterocycles. The summed E-state index contributed by atoms with van der Waals surface area (Å²) in [4.78, 5) is 16.6. The van der Waals surface area contributed by atoms with Gasteiger partial charge in [-0.3, -0.25) is 9.69 Å². The van der Waals surface area contributed by atoms with Crippen LogP contribution in [0.2, 0.25) is 0 Å². The number of nitrogens with zero attached hydrogens (tertiary/aromatic N) is 1. The Bertz CT molecular complexity index is 987.